The summed E-state index contributed by atoms with van der Waals surface area (Å²) in [5, 5.41) is 12.9. The van der Waals surface area contributed by atoms with Crippen molar-refractivity contribution in [1.29, 1.82) is 0 Å². The average molecular weight is 429 g/mol. The number of carbonyl (C=O) groups excluding carboxylic acids is 2. The molecule has 0 aliphatic heterocycles. The third-order valence-corrected chi connectivity index (χ3v) is 5.18. The molecular weight excluding hydrogens is 402 g/mol. The second-order valence-electron chi connectivity index (χ2n) is 6.98. The van der Waals surface area contributed by atoms with Crippen LogP contribution in [0.15, 0.2) is 42.5 Å². The van der Waals surface area contributed by atoms with Gasteiger partial charge in [0.05, 0.1) is 39.6 Å². The van der Waals surface area contributed by atoms with Crippen LogP contribution < -0.4 is 5.32 Å². The second kappa shape index (κ2) is 11.0. The van der Waals surface area contributed by atoms with E-state index in [1.807, 2.05) is 30.3 Å². The lowest BCUT2D eigenvalue weighted by molar-refractivity contribution is -0.144. The normalized spacial score (nSPS) is 16.5. The molecule has 166 valence electrons. The Morgan fingerprint density at radius 2 is 1.71 bits per heavy atom. The van der Waals surface area contributed by atoms with Crippen molar-refractivity contribution in [2.45, 2.75) is 5.60 Å². The minimum absolute atomic E-state index is 0.281. The van der Waals surface area contributed by atoms with E-state index < -0.39 is 12.2 Å². The number of rotatable bonds is 13. The number of aliphatic hydroxyl groups excluding tert-OH is 1. The highest BCUT2D eigenvalue weighted by Crippen LogP contribution is 2.49. The molecule has 1 aliphatic carbocycles. The monoisotopic (exact) mass is 429 g/mol. The Bertz CT molecular complexity index is 901. The zero-order chi connectivity index (χ0) is 22.1. The number of amides is 1. The summed E-state index contributed by atoms with van der Waals surface area (Å²) in [5.41, 5.74) is 2.04. The summed E-state index contributed by atoms with van der Waals surface area (Å²) in [5.74, 6) is -0.281. The molecule has 2 aromatic carbocycles. The van der Waals surface area contributed by atoms with E-state index in [-0.39, 0.29) is 5.91 Å². The SMILES string of the molecule is COCCOCCOCCNC(=O)c1ccc2c(c1)C(CO)(OC=O)c1ccccc1-2. The van der Waals surface area contributed by atoms with Gasteiger partial charge in [0.25, 0.3) is 12.4 Å². The molecule has 0 heterocycles. The summed E-state index contributed by atoms with van der Waals surface area (Å²) >= 11 is 0. The van der Waals surface area contributed by atoms with Crippen LogP contribution in [0, 0.1) is 0 Å². The number of benzene rings is 2. The highest BCUT2D eigenvalue weighted by atomic mass is 16.6. The molecule has 0 saturated heterocycles. The van der Waals surface area contributed by atoms with Crippen LogP contribution in [-0.4, -0.2) is 70.8 Å². The summed E-state index contributed by atoms with van der Waals surface area (Å²) in [6.45, 7) is 2.53. The van der Waals surface area contributed by atoms with Crippen LogP contribution in [0.1, 0.15) is 21.5 Å². The molecule has 0 spiro atoms. The summed E-state index contributed by atoms with van der Waals surface area (Å²) in [4.78, 5) is 23.8. The molecule has 8 nitrogen and oxygen atoms in total. The van der Waals surface area contributed by atoms with Crippen LogP contribution in [0.5, 0.6) is 0 Å². The summed E-state index contributed by atoms with van der Waals surface area (Å²) in [6.07, 6.45) is 0. The predicted molar refractivity (Wildman–Crippen MR) is 113 cm³/mol. The van der Waals surface area contributed by atoms with E-state index in [0.717, 1.165) is 11.1 Å². The zero-order valence-electron chi connectivity index (χ0n) is 17.5. The average Bonchev–Trinajstić information content (AvgIpc) is 3.08. The van der Waals surface area contributed by atoms with E-state index in [0.29, 0.717) is 62.7 Å². The Morgan fingerprint density at radius 1 is 1.00 bits per heavy atom. The Hall–Kier alpha value is -2.78. The van der Waals surface area contributed by atoms with E-state index in [1.54, 1.807) is 19.2 Å². The van der Waals surface area contributed by atoms with Crippen LogP contribution in [-0.2, 0) is 29.3 Å². The molecule has 0 radical (unpaired) electrons. The Labute approximate surface area is 181 Å². The lowest BCUT2D eigenvalue weighted by Crippen LogP contribution is -2.33. The molecule has 1 unspecified atom stereocenters. The number of methoxy groups -OCH3 is 1. The molecule has 0 aromatic heterocycles. The van der Waals surface area contributed by atoms with Crippen molar-refractivity contribution in [2.24, 2.45) is 0 Å². The third kappa shape index (κ3) is 4.94. The fraction of sp³-hybridized carbons (Fsp3) is 0.391. The summed E-state index contributed by atoms with van der Waals surface area (Å²) in [7, 11) is 1.61. The van der Waals surface area contributed by atoms with Crippen LogP contribution in [0.4, 0.5) is 0 Å². The maximum absolute atomic E-state index is 12.6. The van der Waals surface area contributed by atoms with Gasteiger partial charge < -0.3 is 29.4 Å². The number of hydrogen-bond acceptors (Lipinski definition) is 7. The van der Waals surface area contributed by atoms with Gasteiger partial charge in [-0.15, -0.1) is 0 Å². The lowest BCUT2D eigenvalue weighted by atomic mass is 9.91. The zero-order valence-corrected chi connectivity index (χ0v) is 17.5. The molecule has 8 heteroatoms. The van der Waals surface area contributed by atoms with Gasteiger partial charge in [0, 0.05) is 30.3 Å². The van der Waals surface area contributed by atoms with Crippen LogP contribution in [0.25, 0.3) is 11.1 Å². The van der Waals surface area contributed by atoms with E-state index >= 15 is 0 Å². The van der Waals surface area contributed by atoms with Gasteiger partial charge >= 0.3 is 0 Å². The van der Waals surface area contributed by atoms with Crippen molar-refractivity contribution in [2.75, 3.05) is 53.3 Å². The highest BCUT2D eigenvalue weighted by molar-refractivity contribution is 5.96. The number of hydrogen-bond donors (Lipinski definition) is 2. The largest absolute Gasteiger partial charge is 0.449 e. The first-order valence-electron chi connectivity index (χ1n) is 10.1. The number of ether oxygens (including phenoxy) is 4. The minimum Gasteiger partial charge on any atom is -0.449 e. The van der Waals surface area contributed by atoms with Gasteiger partial charge in [0.1, 0.15) is 0 Å². The van der Waals surface area contributed by atoms with Crippen LogP contribution in [0.3, 0.4) is 0 Å². The maximum Gasteiger partial charge on any atom is 0.294 e. The molecule has 1 atom stereocenters. The number of aliphatic hydroxyl groups is 1. The van der Waals surface area contributed by atoms with E-state index in [1.165, 1.54) is 0 Å². The Balaban J connectivity index is 1.62. The minimum atomic E-state index is -1.32. The third-order valence-electron chi connectivity index (χ3n) is 5.18. The molecular formula is C23H27NO7. The fourth-order valence-electron chi connectivity index (χ4n) is 3.69. The van der Waals surface area contributed by atoms with Crippen molar-refractivity contribution < 1.29 is 33.6 Å². The van der Waals surface area contributed by atoms with Crippen LogP contribution in [0.2, 0.25) is 0 Å². The Morgan fingerprint density at radius 3 is 2.45 bits per heavy atom. The van der Waals surface area contributed by atoms with Crippen LogP contribution >= 0.6 is 0 Å². The molecule has 0 fully saturated rings. The van der Waals surface area contributed by atoms with E-state index in [4.69, 9.17) is 18.9 Å². The van der Waals surface area contributed by atoms with E-state index in [2.05, 4.69) is 5.32 Å². The van der Waals surface area contributed by atoms with Gasteiger partial charge in [-0.05, 0) is 23.3 Å². The molecule has 2 aromatic rings. The first-order valence-corrected chi connectivity index (χ1v) is 10.1. The predicted octanol–water partition coefficient (Wildman–Crippen LogP) is 1.49. The smallest absolute Gasteiger partial charge is 0.294 e. The molecule has 0 saturated carbocycles. The summed E-state index contributed by atoms with van der Waals surface area (Å²) in [6, 6.07) is 12.6. The van der Waals surface area contributed by atoms with Gasteiger partial charge in [0.2, 0.25) is 0 Å². The standard InChI is InChI=1S/C23H27NO7/c1-28-10-11-30-13-12-29-9-8-24-22(27)17-6-7-19-18-4-2-3-5-20(18)23(15-25,31-16-26)21(19)14-17/h2-7,14,16,25H,8-13,15H2,1H3,(H,24,27). The van der Waals surface area contributed by atoms with Crippen molar-refractivity contribution in [1.82, 2.24) is 5.32 Å². The molecule has 3 rings (SSSR count). The van der Waals surface area contributed by atoms with Crippen molar-refractivity contribution in [3.8, 4) is 11.1 Å². The van der Waals surface area contributed by atoms with Gasteiger partial charge in [-0.3, -0.25) is 9.59 Å². The number of fused-ring (bicyclic) bond motifs is 3. The van der Waals surface area contributed by atoms with Crippen molar-refractivity contribution in [3.63, 3.8) is 0 Å². The topological polar surface area (TPSA) is 103 Å². The molecule has 1 amide bonds. The van der Waals surface area contributed by atoms with Gasteiger partial charge in [-0.25, -0.2) is 0 Å². The molecule has 2 N–H and O–H groups in total. The fourth-order valence-corrected chi connectivity index (χ4v) is 3.69. The lowest BCUT2D eigenvalue weighted by Gasteiger charge is -2.27. The second-order valence-corrected chi connectivity index (χ2v) is 6.98. The maximum atomic E-state index is 12.6. The molecule has 31 heavy (non-hydrogen) atoms. The molecule has 0 bridgehead atoms. The number of carbonyl (C=O) groups is 2. The summed E-state index contributed by atoms with van der Waals surface area (Å²) < 4.78 is 21.0. The first kappa shape index (κ1) is 22.9. The quantitative estimate of drug-likeness (QED) is 0.367. The van der Waals surface area contributed by atoms with Gasteiger partial charge in [-0.1, -0.05) is 30.3 Å². The highest BCUT2D eigenvalue weighted by Gasteiger charge is 2.45. The first-order chi connectivity index (χ1) is 15.2. The van der Waals surface area contributed by atoms with E-state index in [9.17, 15) is 14.7 Å². The van der Waals surface area contributed by atoms with Gasteiger partial charge in [0.15, 0.2) is 5.60 Å². The van der Waals surface area contributed by atoms with Crippen molar-refractivity contribution in [3.05, 3.63) is 59.2 Å². The Kier molecular flexibility index (Phi) is 8.13. The van der Waals surface area contributed by atoms with Crippen molar-refractivity contribution >= 4 is 12.4 Å². The van der Waals surface area contributed by atoms with Gasteiger partial charge in [-0.2, -0.15) is 0 Å². The molecule has 1 aliphatic rings. The number of nitrogens with one attached hydrogen (secondary N) is 1.